The van der Waals surface area contributed by atoms with Gasteiger partial charge in [-0.25, -0.2) is 4.98 Å². The van der Waals surface area contributed by atoms with Gasteiger partial charge in [0, 0.05) is 23.3 Å². The van der Waals surface area contributed by atoms with Gasteiger partial charge in [-0.15, -0.1) is 11.3 Å². The van der Waals surface area contributed by atoms with Gasteiger partial charge < -0.3 is 10.6 Å². The van der Waals surface area contributed by atoms with Crippen LogP contribution in [0.5, 0.6) is 0 Å². The van der Waals surface area contributed by atoms with Crippen molar-refractivity contribution in [3.63, 3.8) is 0 Å². The Morgan fingerprint density at radius 1 is 1.48 bits per heavy atom. The van der Waals surface area contributed by atoms with E-state index >= 15 is 0 Å². The second-order valence-corrected chi connectivity index (χ2v) is 6.35. The molecule has 1 atom stereocenters. The highest BCUT2D eigenvalue weighted by Gasteiger charge is 2.25. The number of para-hydroxylation sites is 1. The molecule has 110 valence electrons. The lowest BCUT2D eigenvalue weighted by Gasteiger charge is -2.25. The minimum absolute atomic E-state index is 0.0620. The van der Waals surface area contributed by atoms with E-state index in [2.05, 4.69) is 22.5 Å². The zero-order chi connectivity index (χ0) is 14.7. The third-order valence-electron chi connectivity index (χ3n) is 3.76. The summed E-state index contributed by atoms with van der Waals surface area (Å²) in [5.74, 6) is 0.0326. The Balaban J connectivity index is 1.66. The van der Waals surface area contributed by atoms with E-state index in [1.807, 2.05) is 30.5 Å². The number of aromatic nitrogens is 1. The summed E-state index contributed by atoms with van der Waals surface area (Å²) >= 11 is 1.67. The van der Waals surface area contributed by atoms with E-state index in [-0.39, 0.29) is 11.8 Å². The predicted molar refractivity (Wildman–Crippen MR) is 85.6 cm³/mol. The number of rotatable bonds is 4. The molecule has 2 N–H and O–H groups in total. The summed E-state index contributed by atoms with van der Waals surface area (Å²) in [5, 5.41) is 7.34. The number of benzene rings is 1. The number of nitrogens with one attached hydrogen (secondary N) is 2. The molecule has 0 bridgehead atoms. The van der Waals surface area contributed by atoms with Crippen LogP contribution in [0, 0.1) is 0 Å². The van der Waals surface area contributed by atoms with Crippen LogP contribution in [0.1, 0.15) is 34.7 Å². The predicted octanol–water partition coefficient (Wildman–Crippen LogP) is 2.92. The summed E-state index contributed by atoms with van der Waals surface area (Å²) < 4.78 is 0. The highest BCUT2D eigenvalue weighted by molar-refractivity contribution is 7.11. The Bertz CT molecular complexity index is 638. The molecule has 5 heteroatoms. The van der Waals surface area contributed by atoms with Gasteiger partial charge in [0.2, 0.25) is 5.91 Å². The third kappa shape index (κ3) is 3.08. The molecule has 0 radical (unpaired) electrons. The summed E-state index contributed by atoms with van der Waals surface area (Å²) in [4.78, 5) is 18.0. The lowest BCUT2D eigenvalue weighted by Crippen LogP contribution is -2.32. The molecule has 0 spiro atoms. The van der Waals surface area contributed by atoms with Crippen molar-refractivity contribution < 1.29 is 4.79 Å². The number of thiazole rings is 1. The number of hydrogen-bond donors (Lipinski definition) is 2. The van der Waals surface area contributed by atoms with Gasteiger partial charge in [-0.05, 0) is 24.5 Å². The molecule has 0 saturated carbocycles. The fourth-order valence-electron chi connectivity index (χ4n) is 2.62. The van der Waals surface area contributed by atoms with Crippen molar-refractivity contribution in [3.05, 3.63) is 45.9 Å². The van der Waals surface area contributed by atoms with E-state index in [1.54, 1.807) is 11.3 Å². The highest BCUT2D eigenvalue weighted by atomic mass is 32.1. The van der Waals surface area contributed by atoms with E-state index in [1.165, 1.54) is 4.88 Å². The largest absolute Gasteiger partial charge is 0.385 e. The van der Waals surface area contributed by atoms with Gasteiger partial charge in [0.05, 0.1) is 12.5 Å². The molecule has 1 aliphatic heterocycles. The van der Waals surface area contributed by atoms with Crippen LogP contribution in [-0.2, 0) is 17.8 Å². The first-order valence-electron chi connectivity index (χ1n) is 7.32. The Hall–Kier alpha value is -1.88. The van der Waals surface area contributed by atoms with Gasteiger partial charge in [0.1, 0.15) is 5.01 Å². The van der Waals surface area contributed by atoms with Crippen molar-refractivity contribution in [1.29, 1.82) is 0 Å². The van der Waals surface area contributed by atoms with Crippen LogP contribution in [-0.4, -0.2) is 17.4 Å². The van der Waals surface area contributed by atoms with Crippen LogP contribution in [0.2, 0.25) is 0 Å². The number of amides is 1. The molecule has 0 aliphatic carbocycles. The summed E-state index contributed by atoms with van der Waals surface area (Å²) in [5.41, 5.74) is 2.17. The maximum absolute atomic E-state index is 12.4. The molecule has 1 aromatic heterocycles. The van der Waals surface area contributed by atoms with E-state index in [9.17, 15) is 4.79 Å². The first kappa shape index (κ1) is 14.1. The fraction of sp³-hybridized carbons (Fsp3) is 0.375. The first-order chi connectivity index (χ1) is 10.3. The Morgan fingerprint density at radius 2 is 2.33 bits per heavy atom. The van der Waals surface area contributed by atoms with Crippen molar-refractivity contribution in [1.82, 2.24) is 10.3 Å². The number of carbonyl (C=O) groups excluding carboxylic acids is 1. The number of nitrogens with zero attached hydrogens (tertiary/aromatic N) is 1. The van der Waals surface area contributed by atoms with Crippen molar-refractivity contribution in [2.24, 2.45) is 0 Å². The van der Waals surface area contributed by atoms with Crippen molar-refractivity contribution >= 4 is 22.9 Å². The fourth-order valence-corrected chi connectivity index (χ4v) is 3.42. The average Bonchev–Trinajstić information content (AvgIpc) is 3.00. The molecule has 1 amide bonds. The molecule has 2 heterocycles. The van der Waals surface area contributed by atoms with E-state index in [0.717, 1.165) is 35.6 Å². The summed E-state index contributed by atoms with van der Waals surface area (Å²) in [6.07, 6.45) is 3.72. The number of fused-ring (bicyclic) bond motifs is 1. The molecule has 0 saturated heterocycles. The highest BCUT2D eigenvalue weighted by Crippen LogP contribution is 2.31. The van der Waals surface area contributed by atoms with E-state index in [4.69, 9.17) is 0 Å². The van der Waals surface area contributed by atoms with E-state index < -0.39 is 0 Å². The van der Waals surface area contributed by atoms with Crippen molar-refractivity contribution in [2.75, 3.05) is 11.9 Å². The maximum atomic E-state index is 12.4. The minimum Gasteiger partial charge on any atom is -0.385 e. The molecule has 0 fully saturated rings. The second-order valence-electron chi connectivity index (χ2n) is 5.15. The van der Waals surface area contributed by atoms with Crippen LogP contribution in [0.25, 0.3) is 0 Å². The molecule has 1 aliphatic rings. The van der Waals surface area contributed by atoms with Crippen LogP contribution in [0.15, 0.2) is 30.5 Å². The molecular formula is C16H19N3OS. The topological polar surface area (TPSA) is 54.0 Å². The van der Waals surface area contributed by atoms with Gasteiger partial charge in [-0.1, -0.05) is 25.1 Å². The quantitative estimate of drug-likeness (QED) is 0.913. The van der Waals surface area contributed by atoms with Gasteiger partial charge in [0.25, 0.3) is 0 Å². The molecule has 1 aromatic carbocycles. The van der Waals surface area contributed by atoms with Crippen LogP contribution in [0.3, 0.4) is 0 Å². The summed E-state index contributed by atoms with van der Waals surface area (Å²) in [7, 11) is 0. The molecular weight excluding hydrogens is 282 g/mol. The number of hydrogen-bond acceptors (Lipinski definition) is 4. The summed E-state index contributed by atoms with van der Waals surface area (Å²) in [6.45, 7) is 3.48. The number of carbonyl (C=O) groups is 1. The zero-order valence-electron chi connectivity index (χ0n) is 12.1. The summed E-state index contributed by atoms with van der Waals surface area (Å²) in [6, 6.07) is 8.04. The van der Waals surface area contributed by atoms with Crippen molar-refractivity contribution in [3.8, 4) is 0 Å². The number of aryl methyl sites for hydroxylation is 1. The smallest absolute Gasteiger partial charge is 0.228 e. The van der Waals surface area contributed by atoms with Gasteiger partial charge in [0.15, 0.2) is 0 Å². The molecule has 4 nitrogen and oxygen atoms in total. The van der Waals surface area contributed by atoms with Crippen LogP contribution < -0.4 is 10.6 Å². The average molecular weight is 301 g/mol. The Kier molecular flexibility index (Phi) is 4.20. The third-order valence-corrected chi connectivity index (χ3v) is 4.91. The Labute approximate surface area is 128 Å². The zero-order valence-corrected chi connectivity index (χ0v) is 12.9. The SMILES string of the molecule is CCc1cnc(CNC(=O)C2CCNc3ccccc32)s1. The van der Waals surface area contributed by atoms with Crippen LogP contribution >= 0.6 is 11.3 Å². The van der Waals surface area contributed by atoms with E-state index in [0.29, 0.717) is 6.54 Å². The standard InChI is InChI=1S/C16H19N3OS/c1-2-11-9-18-15(21-11)10-19-16(20)13-7-8-17-14-6-4-3-5-12(13)14/h3-6,9,13,17H,2,7-8,10H2,1H3,(H,19,20). The molecule has 3 rings (SSSR count). The van der Waals surface area contributed by atoms with Crippen LogP contribution in [0.4, 0.5) is 5.69 Å². The van der Waals surface area contributed by atoms with Gasteiger partial charge >= 0.3 is 0 Å². The Morgan fingerprint density at radius 3 is 3.14 bits per heavy atom. The molecule has 2 aromatic rings. The monoisotopic (exact) mass is 301 g/mol. The number of anilines is 1. The molecule has 1 unspecified atom stereocenters. The van der Waals surface area contributed by atoms with Crippen molar-refractivity contribution in [2.45, 2.75) is 32.2 Å². The minimum atomic E-state index is -0.0620. The lowest BCUT2D eigenvalue weighted by molar-refractivity contribution is -0.122. The van der Waals surface area contributed by atoms with Gasteiger partial charge in [-0.3, -0.25) is 4.79 Å². The molecule has 21 heavy (non-hydrogen) atoms. The first-order valence-corrected chi connectivity index (χ1v) is 8.13. The normalized spacial score (nSPS) is 16.9. The second kappa shape index (κ2) is 6.26. The lowest BCUT2D eigenvalue weighted by atomic mass is 9.90. The van der Waals surface area contributed by atoms with Gasteiger partial charge in [-0.2, -0.15) is 0 Å². The maximum Gasteiger partial charge on any atom is 0.228 e.